The second-order valence-corrected chi connectivity index (χ2v) is 7.61. The van der Waals surface area contributed by atoms with Gasteiger partial charge >= 0.3 is 5.51 Å². The van der Waals surface area contributed by atoms with E-state index in [-0.39, 0.29) is 24.1 Å². The van der Waals surface area contributed by atoms with Gasteiger partial charge in [0.25, 0.3) is 0 Å². The average molecular weight is 374 g/mol. The minimum absolute atomic E-state index is 0.00680. The van der Waals surface area contributed by atoms with E-state index in [4.69, 9.17) is 5.73 Å². The van der Waals surface area contributed by atoms with Crippen molar-refractivity contribution >= 4 is 23.4 Å². The molecule has 2 aliphatic rings. The Morgan fingerprint density at radius 2 is 2.12 bits per heavy atom. The van der Waals surface area contributed by atoms with Gasteiger partial charge in [-0.3, -0.25) is 4.79 Å². The van der Waals surface area contributed by atoms with Gasteiger partial charge in [-0.1, -0.05) is 0 Å². The van der Waals surface area contributed by atoms with Gasteiger partial charge < -0.3 is 16.1 Å². The molecule has 0 bridgehead atoms. The molecule has 9 heteroatoms. The summed E-state index contributed by atoms with van der Waals surface area (Å²) >= 11 is -0.00680. The molecule has 1 fully saturated rings. The molecule has 2 aliphatic heterocycles. The number of primary amides is 1. The number of thioether (sulfide) groups is 1. The summed E-state index contributed by atoms with van der Waals surface area (Å²) in [6.45, 7) is 5.27. The Morgan fingerprint density at radius 1 is 1.40 bits per heavy atom. The number of nitrogens with zero attached hydrogens (tertiary/aromatic N) is 2. The third kappa shape index (κ3) is 4.21. The molecule has 25 heavy (non-hydrogen) atoms. The smallest absolute Gasteiger partial charge is 0.366 e. The number of aryl methyl sites for hydroxylation is 1. The molecule has 0 saturated carbocycles. The SMILES string of the molecule is Cc1cc2c(cc1C(N)=O)CN(CC1CNC1)N2CCSC(F)(F)F. The first-order chi connectivity index (χ1) is 11.7. The minimum atomic E-state index is -4.23. The van der Waals surface area contributed by atoms with Gasteiger partial charge in [0.2, 0.25) is 5.91 Å². The fourth-order valence-corrected chi connectivity index (χ4v) is 3.75. The van der Waals surface area contributed by atoms with Crippen LogP contribution in [0.2, 0.25) is 0 Å². The minimum Gasteiger partial charge on any atom is -0.366 e. The number of hydrogen-bond acceptors (Lipinski definition) is 5. The first-order valence-electron chi connectivity index (χ1n) is 8.11. The Bertz CT molecular complexity index is 664. The molecule has 0 aromatic heterocycles. The number of amides is 1. The van der Waals surface area contributed by atoms with E-state index in [1.807, 2.05) is 11.1 Å². The van der Waals surface area contributed by atoms with Crippen LogP contribution in [0.5, 0.6) is 0 Å². The van der Waals surface area contributed by atoms with Gasteiger partial charge in [0, 0.05) is 44.0 Å². The van der Waals surface area contributed by atoms with Crippen molar-refractivity contribution in [1.29, 1.82) is 0 Å². The molecular formula is C16H21F3N4OS. The number of hydrazine groups is 1. The lowest BCUT2D eigenvalue weighted by atomic mass is 10.0. The number of hydrogen-bond donors (Lipinski definition) is 2. The Morgan fingerprint density at radius 3 is 2.68 bits per heavy atom. The van der Waals surface area contributed by atoms with E-state index < -0.39 is 11.4 Å². The summed E-state index contributed by atoms with van der Waals surface area (Å²) in [5.74, 6) is -0.0381. The summed E-state index contributed by atoms with van der Waals surface area (Å²) < 4.78 is 37.4. The number of benzene rings is 1. The highest BCUT2D eigenvalue weighted by Gasteiger charge is 2.33. The standard InChI is InChI=1S/C16H21F3N4OS/c1-10-4-14-12(5-13(10)15(20)24)9-22(8-11-6-21-7-11)23(14)2-3-25-16(17,18)19/h4-5,11,21H,2-3,6-9H2,1H3,(H2,20,24). The normalized spacial score (nSPS) is 18.3. The number of fused-ring (bicyclic) bond motifs is 1. The number of carbonyl (C=O) groups excluding carboxylic acids is 1. The fourth-order valence-electron chi connectivity index (χ4n) is 3.25. The maximum Gasteiger partial charge on any atom is 0.441 e. The fraction of sp³-hybridized carbons (Fsp3) is 0.562. The number of carbonyl (C=O) groups is 1. The number of anilines is 1. The predicted octanol–water partition coefficient (Wildman–Crippen LogP) is 2.10. The highest BCUT2D eigenvalue weighted by Crippen LogP contribution is 2.36. The van der Waals surface area contributed by atoms with Crippen LogP contribution < -0.4 is 16.1 Å². The van der Waals surface area contributed by atoms with E-state index >= 15 is 0 Å². The quantitative estimate of drug-likeness (QED) is 0.799. The molecule has 0 radical (unpaired) electrons. The van der Waals surface area contributed by atoms with Crippen molar-refractivity contribution in [1.82, 2.24) is 10.3 Å². The van der Waals surface area contributed by atoms with E-state index in [2.05, 4.69) is 10.3 Å². The zero-order valence-corrected chi connectivity index (χ0v) is 14.7. The van der Waals surface area contributed by atoms with Crippen LogP contribution in [0.15, 0.2) is 12.1 Å². The van der Waals surface area contributed by atoms with E-state index in [0.29, 0.717) is 18.0 Å². The Balaban J connectivity index is 1.80. The van der Waals surface area contributed by atoms with Crippen molar-refractivity contribution in [2.24, 2.45) is 11.7 Å². The van der Waals surface area contributed by atoms with E-state index in [1.54, 1.807) is 13.0 Å². The van der Waals surface area contributed by atoms with E-state index in [1.165, 1.54) is 0 Å². The van der Waals surface area contributed by atoms with Gasteiger partial charge in [0.1, 0.15) is 0 Å². The first kappa shape index (κ1) is 18.3. The topological polar surface area (TPSA) is 61.6 Å². The summed E-state index contributed by atoms with van der Waals surface area (Å²) in [5.41, 5.74) is 4.21. The van der Waals surface area contributed by atoms with Crippen molar-refractivity contribution in [2.75, 3.05) is 36.9 Å². The van der Waals surface area contributed by atoms with Gasteiger partial charge in [0.15, 0.2) is 0 Å². The van der Waals surface area contributed by atoms with Crippen LogP contribution in [-0.2, 0) is 6.54 Å². The Hall–Kier alpha value is -1.45. The summed E-state index contributed by atoms with van der Waals surface area (Å²) in [6.07, 6.45) is 0. The third-order valence-corrected chi connectivity index (χ3v) is 5.28. The number of nitrogens with two attached hydrogens (primary N) is 1. The first-order valence-corrected chi connectivity index (χ1v) is 9.10. The Labute approximate surface area is 148 Å². The molecule has 3 N–H and O–H groups in total. The van der Waals surface area contributed by atoms with E-state index in [0.717, 1.165) is 36.4 Å². The molecule has 0 spiro atoms. The van der Waals surface area contributed by atoms with Crippen molar-refractivity contribution in [3.63, 3.8) is 0 Å². The molecule has 2 heterocycles. The molecular weight excluding hydrogens is 353 g/mol. The maximum atomic E-state index is 12.5. The number of alkyl halides is 3. The molecule has 138 valence electrons. The van der Waals surface area contributed by atoms with Crippen LogP contribution in [0.25, 0.3) is 0 Å². The van der Waals surface area contributed by atoms with Crippen LogP contribution in [0.4, 0.5) is 18.9 Å². The van der Waals surface area contributed by atoms with Crippen molar-refractivity contribution in [3.05, 3.63) is 28.8 Å². The monoisotopic (exact) mass is 374 g/mol. The molecule has 1 aromatic rings. The van der Waals surface area contributed by atoms with Gasteiger partial charge in [0.05, 0.1) is 5.69 Å². The van der Waals surface area contributed by atoms with Crippen molar-refractivity contribution in [2.45, 2.75) is 19.0 Å². The zero-order chi connectivity index (χ0) is 18.2. The number of rotatable bonds is 6. The molecule has 1 saturated heterocycles. The second kappa shape index (κ2) is 7.05. The molecule has 3 rings (SSSR count). The lowest BCUT2D eigenvalue weighted by molar-refractivity contribution is -0.0327. The molecule has 1 aromatic carbocycles. The Kier molecular flexibility index (Phi) is 5.17. The third-order valence-electron chi connectivity index (χ3n) is 4.57. The summed E-state index contributed by atoms with van der Waals surface area (Å²) in [6, 6.07) is 3.63. The highest BCUT2D eigenvalue weighted by molar-refractivity contribution is 8.00. The summed E-state index contributed by atoms with van der Waals surface area (Å²) in [7, 11) is 0. The van der Waals surface area contributed by atoms with E-state index in [9.17, 15) is 18.0 Å². The maximum absolute atomic E-state index is 12.5. The number of nitrogens with one attached hydrogen (secondary N) is 1. The lowest BCUT2D eigenvalue weighted by Gasteiger charge is -2.36. The van der Waals surface area contributed by atoms with Crippen molar-refractivity contribution in [3.8, 4) is 0 Å². The van der Waals surface area contributed by atoms with Crippen molar-refractivity contribution < 1.29 is 18.0 Å². The van der Waals surface area contributed by atoms with Gasteiger partial charge in [-0.05, 0) is 47.9 Å². The van der Waals surface area contributed by atoms with Crippen LogP contribution in [0, 0.1) is 12.8 Å². The van der Waals surface area contributed by atoms with Crippen LogP contribution in [0.3, 0.4) is 0 Å². The van der Waals surface area contributed by atoms with Gasteiger partial charge in [-0.15, -0.1) is 0 Å². The summed E-state index contributed by atoms with van der Waals surface area (Å²) in [5, 5.41) is 7.21. The molecule has 0 unspecified atom stereocenters. The van der Waals surface area contributed by atoms with Gasteiger partial charge in [-0.2, -0.15) is 13.2 Å². The average Bonchev–Trinajstić information content (AvgIpc) is 2.78. The molecule has 0 atom stereocenters. The lowest BCUT2D eigenvalue weighted by Crippen LogP contribution is -2.51. The predicted molar refractivity (Wildman–Crippen MR) is 92.3 cm³/mol. The number of halogens is 3. The summed E-state index contributed by atoms with van der Waals surface area (Å²) in [4.78, 5) is 11.6. The van der Waals surface area contributed by atoms with Crippen LogP contribution in [-0.4, -0.2) is 48.4 Å². The molecule has 5 nitrogen and oxygen atoms in total. The van der Waals surface area contributed by atoms with Crippen LogP contribution >= 0.6 is 11.8 Å². The van der Waals surface area contributed by atoms with Gasteiger partial charge in [-0.25, -0.2) is 5.01 Å². The van der Waals surface area contributed by atoms with Crippen LogP contribution in [0.1, 0.15) is 21.5 Å². The molecule has 1 amide bonds. The largest absolute Gasteiger partial charge is 0.441 e. The highest BCUT2D eigenvalue weighted by atomic mass is 32.2. The molecule has 0 aliphatic carbocycles. The second-order valence-electron chi connectivity index (χ2n) is 6.45. The zero-order valence-electron chi connectivity index (χ0n) is 13.9.